The van der Waals surface area contributed by atoms with E-state index in [4.69, 9.17) is 11.6 Å². The Balaban J connectivity index is 1.95. The molecule has 1 aromatic heterocycles. The van der Waals surface area contributed by atoms with Gasteiger partial charge in [0.2, 0.25) is 5.91 Å². The first kappa shape index (κ1) is 16.1. The van der Waals surface area contributed by atoms with E-state index in [0.29, 0.717) is 28.0 Å². The van der Waals surface area contributed by atoms with Crippen molar-refractivity contribution in [2.45, 2.75) is 19.4 Å². The van der Waals surface area contributed by atoms with Gasteiger partial charge in [-0.3, -0.25) is 9.59 Å². The highest BCUT2D eigenvalue weighted by Crippen LogP contribution is 2.18. The number of aromatic nitrogens is 3. The Morgan fingerprint density at radius 2 is 2.04 bits per heavy atom. The predicted octanol–water partition coefficient (Wildman–Crippen LogP) is 3.03. The molecule has 1 heterocycles. The van der Waals surface area contributed by atoms with Crippen molar-refractivity contribution in [3.05, 3.63) is 63.9 Å². The molecular formula is C17H15ClN4O2. The first-order chi connectivity index (χ1) is 11.6. The van der Waals surface area contributed by atoms with Gasteiger partial charge in [0.15, 0.2) is 0 Å². The average molecular weight is 343 g/mol. The maximum absolute atomic E-state index is 12.6. The predicted molar refractivity (Wildman–Crippen MR) is 93.2 cm³/mol. The Labute approximate surface area is 143 Å². The number of hydrogen-bond donors (Lipinski definition) is 1. The first-order valence-corrected chi connectivity index (χ1v) is 7.88. The molecule has 0 aliphatic heterocycles. The van der Waals surface area contributed by atoms with Crippen molar-refractivity contribution in [3.8, 4) is 0 Å². The van der Waals surface area contributed by atoms with Crippen LogP contribution in [0.4, 0.5) is 5.69 Å². The van der Waals surface area contributed by atoms with Crippen LogP contribution in [0.25, 0.3) is 10.9 Å². The van der Waals surface area contributed by atoms with Gasteiger partial charge in [-0.05, 0) is 36.8 Å². The summed E-state index contributed by atoms with van der Waals surface area (Å²) in [7, 11) is 0. The second-order valence-electron chi connectivity index (χ2n) is 5.28. The topological polar surface area (TPSA) is 76.9 Å². The van der Waals surface area contributed by atoms with Gasteiger partial charge >= 0.3 is 0 Å². The lowest BCUT2D eigenvalue weighted by Gasteiger charge is -2.16. The highest BCUT2D eigenvalue weighted by molar-refractivity contribution is 6.30. The highest BCUT2D eigenvalue weighted by Gasteiger charge is 2.22. The molecule has 0 spiro atoms. The van der Waals surface area contributed by atoms with E-state index in [2.05, 4.69) is 15.6 Å². The number of rotatable bonds is 4. The molecule has 0 saturated carbocycles. The van der Waals surface area contributed by atoms with E-state index in [1.165, 1.54) is 0 Å². The van der Waals surface area contributed by atoms with Gasteiger partial charge < -0.3 is 5.32 Å². The quantitative estimate of drug-likeness (QED) is 0.790. The van der Waals surface area contributed by atoms with Gasteiger partial charge in [0.25, 0.3) is 5.56 Å². The van der Waals surface area contributed by atoms with Gasteiger partial charge in [-0.2, -0.15) is 4.68 Å². The van der Waals surface area contributed by atoms with E-state index in [1.54, 1.807) is 48.5 Å². The van der Waals surface area contributed by atoms with Crippen molar-refractivity contribution in [1.29, 1.82) is 0 Å². The normalized spacial score (nSPS) is 12.1. The van der Waals surface area contributed by atoms with Crippen LogP contribution < -0.4 is 10.9 Å². The second-order valence-corrected chi connectivity index (χ2v) is 5.72. The molecule has 24 heavy (non-hydrogen) atoms. The number of hydrogen-bond acceptors (Lipinski definition) is 4. The fraction of sp³-hybridized carbons (Fsp3) is 0.176. The molecule has 0 radical (unpaired) electrons. The van der Waals surface area contributed by atoms with Crippen LogP contribution in [0.5, 0.6) is 0 Å². The molecule has 3 rings (SSSR count). The molecule has 122 valence electrons. The molecule has 7 heteroatoms. The van der Waals surface area contributed by atoms with Gasteiger partial charge in [-0.1, -0.05) is 41.9 Å². The third-order valence-corrected chi connectivity index (χ3v) is 3.90. The lowest BCUT2D eigenvalue weighted by atomic mass is 10.2. The van der Waals surface area contributed by atoms with Crippen molar-refractivity contribution in [2.24, 2.45) is 0 Å². The summed E-state index contributed by atoms with van der Waals surface area (Å²) in [5.74, 6) is -0.341. The van der Waals surface area contributed by atoms with Gasteiger partial charge in [0.05, 0.1) is 5.39 Å². The summed E-state index contributed by atoms with van der Waals surface area (Å²) in [6, 6.07) is 13.0. The van der Waals surface area contributed by atoms with Crippen molar-refractivity contribution in [3.63, 3.8) is 0 Å². The summed E-state index contributed by atoms with van der Waals surface area (Å²) in [5.41, 5.74) is 0.727. The Kier molecular flexibility index (Phi) is 4.57. The van der Waals surface area contributed by atoms with E-state index >= 15 is 0 Å². The monoisotopic (exact) mass is 342 g/mol. The Bertz CT molecular complexity index is 954. The lowest BCUT2D eigenvalue weighted by molar-refractivity contribution is -0.119. The molecule has 0 saturated heterocycles. The number of halogens is 1. The number of fused-ring (bicyclic) bond motifs is 1. The number of nitrogens with one attached hydrogen (secondary N) is 1. The van der Waals surface area contributed by atoms with Gasteiger partial charge in [0, 0.05) is 10.7 Å². The van der Waals surface area contributed by atoms with Crippen LogP contribution in [0.15, 0.2) is 53.3 Å². The summed E-state index contributed by atoms with van der Waals surface area (Å²) in [6.07, 6.45) is 0.402. The number of carbonyl (C=O) groups excluding carboxylic acids is 1. The summed E-state index contributed by atoms with van der Waals surface area (Å²) < 4.78 is 1.13. The number of benzene rings is 2. The van der Waals surface area contributed by atoms with Crippen molar-refractivity contribution < 1.29 is 4.79 Å². The van der Waals surface area contributed by atoms with E-state index in [0.717, 1.165) is 4.68 Å². The molecule has 0 aliphatic rings. The van der Waals surface area contributed by atoms with Crippen LogP contribution in [0, 0.1) is 0 Å². The lowest BCUT2D eigenvalue weighted by Crippen LogP contribution is -2.35. The maximum atomic E-state index is 12.6. The molecule has 2 aromatic carbocycles. The zero-order valence-electron chi connectivity index (χ0n) is 12.9. The molecule has 1 atom stereocenters. The molecular weight excluding hydrogens is 328 g/mol. The van der Waals surface area contributed by atoms with Crippen LogP contribution in [0.2, 0.25) is 5.02 Å². The minimum absolute atomic E-state index is 0.339. The summed E-state index contributed by atoms with van der Waals surface area (Å²) in [5, 5.41) is 11.7. The second kappa shape index (κ2) is 6.80. The summed E-state index contributed by atoms with van der Waals surface area (Å²) >= 11 is 5.92. The van der Waals surface area contributed by atoms with Crippen LogP contribution >= 0.6 is 11.6 Å². The summed E-state index contributed by atoms with van der Waals surface area (Å²) in [6.45, 7) is 1.81. The van der Waals surface area contributed by atoms with Crippen LogP contribution in [0.3, 0.4) is 0 Å². The largest absolute Gasteiger partial charge is 0.324 e. The van der Waals surface area contributed by atoms with Crippen molar-refractivity contribution in [1.82, 2.24) is 15.0 Å². The first-order valence-electron chi connectivity index (χ1n) is 7.51. The smallest absolute Gasteiger partial charge is 0.278 e. The maximum Gasteiger partial charge on any atom is 0.278 e. The van der Waals surface area contributed by atoms with Gasteiger partial charge in [0.1, 0.15) is 11.6 Å². The van der Waals surface area contributed by atoms with E-state index in [9.17, 15) is 9.59 Å². The Morgan fingerprint density at radius 3 is 2.79 bits per heavy atom. The SMILES string of the molecule is CC[C@@H](C(=O)Nc1cccc(Cl)c1)n1nnc2ccccc2c1=O. The van der Waals surface area contributed by atoms with Crippen LogP contribution in [0.1, 0.15) is 19.4 Å². The number of carbonyl (C=O) groups is 1. The third kappa shape index (κ3) is 3.14. The fourth-order valence-electron chi connectivity index (χ4n) is 2.47. The molecule has 0 bridgehead atoms. The fourth-order valence-corrected chi connectivity index (χ4v) is 2.66. The summed E-state index contributed by atoms with van der Waals surface area (Å²) in [4.78, 5) is 25.2. The molecule has 0 fully saturated rings. The van der Waals surface area contributed by atoms with Crippen LogP contribution in [-0.2, 0) is 4.79 Å². The molecule has 0 unspecified atom stereocenters. The molecule has 1 amide bonds. The van der Waals surface area contributed by atoms with Crippen molar-refractivity contribution in [2.75, 3.05) is 5.32 Å². The van der Waals surface area contributed by atoms with Gasteiger partial charge in [-0.15, -0.1) is 5.10 Å². The number of anilines is 1. The molecule has 6 nitrogen and oxygen atoms in total. The Hall–Kier alpha value is -2.73. The van der Waals surface area contributed by atoms with Gasteiger partial charge in [-0.25, -0.2) is 0 Å². The zero-order valence-corrected chi connectivity index (χ0v) is 13.7. The van der Waals surface area contributed by atoms with Crippen molar-refractivity contribution >= 4 is 34.1 Å². The van der Waals surface area contributed by atoms with E-state index < -0.39 is 6.04 Å². The minimum Gasteiger partial charge on any atom is -0.324 e. The number of amides is 1. The standard InChI is InChI=1S/C17H15ClN4O2/c1-2-15(16(23)19-12-7-5-6-11(18)10-12)22-17(24)13-8-3-4-9-14(13)20-21-22/h3-10,15H,2H2,1H3,(H,19,23)/t15-/m0/s1. The number of nitrogens with zero attached hydrogens (tertiary/aromatic N) is 3. The minimum atomic E-state index is -0.756. The zero-order chi connectivity index (χ0) is 17.1. The van der Waals surface area contributed by atoms with E-state index in [1.807, 2.05) is 6.92 Å². The van der Waals surface area contributed by atoms with Crippen LogP contribution in [-0.4, -0.2) is 20.9 Å². The molecule has 0 aliphatic carbocycles. The molecule has 3 aromatic rings. The average Bonchev–Trinajstić information content (AvgIpc) is 2.58. The third-order valence-electron chi connectivity index (χ3n) is 3.67. The van der Waals surface area contributed by atoms with E-state index in [-0.39, 0.29) is 11.5 Å². The highest BCUT2D eigenvalue weighted by atomic mass is 35.5. The Morgan fingerprint density at radius 1 is 1.25 bits per heavy atom. The molecule has 1 N–H and O–H groups in total.